The molecule has 0 spiro atoms. The lowest BCUT2D eigenvalue weighted by molar-refractivity contribution is -0.232. The first kappa shape index (κ1) is 23.2. The average molecular weight is 457 g/mol. The Morgan fingerprint density at radius 1 is 1.09 bits per heavy atom. The van der Waals surface area contributed by atoms with Crippen molar-refractivity contribution in [2.75, 3.05) is 13.7 Å². The minimum atomic E-state index is -1.58. The Bertz CT molecular complexity index is 1140. The lowest BCUT2D eigenvalue weighted by atomic mass is 9.89. The van der Waals surface area contributed by atoms with Gasteiger partial charge in [0, 0.05) is 29.8 Å². The number of nitrogens with one attached hydrogen (secondary N) is 1. The number of phenols is 1. The number of fused-ring (bicyclic) bond motifs is 1. The summed E-state index contributed by atoms with van der Waals surface area (Å²) in [5.74, 6) is -0.479. The molecule has 1 fully saturated rings. The minimum Gasteiger partial charge on any atom is -0.507 e. The summed E-state index contributed by atoms with van der Waals surface area (Å²) < 4.78 is 10.9. The molecule has 4 rings (SSSR count). The molecule has 3 aromatic rings. The van der Waals surface area contributed by atoms with Crippen LogP contribution in [0.2, 0.25) is 0 Å². The summed E-state index contributed by atoms with van der Waals surface area (Å²) in [4.78, 5) is 16.1. The standard InChI is InChI=1S/C24H27NO8/c1-32-19-10-18(28)14(9-15(19)24-23(31)22(30)21(29)20(11-26)33-24)17(27)5-3-12-2-4-16-13(8-12)6-7-25-16/h2,4,6-10,20-26,28-31H,3,5,11H2,1H3. The number of rotatable bonds is 7. The summed E-state index contributed by atoms with van der Waals surface area (Å²) in [7, 11) is 1.35. The van der Waals surface area contributed by atoms with Gasteiger partial charge in [-0.05, 0) is 41.6 Å². The van der Waals surface area contributed by atoms with Crippen LogP contribution >= 0.6 is 0 Å². The van der Waals surface area contributed by atoms with E-state index >= 15 is 0 Å². The molecule has 6 N–H and O–H groups in total. The van der Waals surface area contributed by atoms with Gasteiger partial charge in [0.1, 0.15) is 42.0 Å². The highest BCUT2D eigenvalue weighted by Crippen LogP contribution is 2.40. The van der Waals surface area contributed by atoms with E-state index < -0.39 is 37.1 Å². The van der Waals surface area contributed by atoms with Gasteiger partial charge in [0.25, 0.3) is 0 Å². The number of Topliss-reactive ketones (excluding diaryl/α,β-unsaturated/α-hetero) is 1. The van der Waals surface area contributed by atoms with Crippen LogP contribution in [0.1, 0.15) is 34.0 Å². The predicted molar refractivity (Wildman–Crippen MR) is 118 cm³/mol. The predicted octanol–water partition coefficient (Wildman–Crippen LogP) is 1.21. The van der Waals surface area contributed by atoms with E-state index in [1.54, 1.807) is 0 Å². The van der Waals surface area contributed by atoms with E-state index in [0.29, 0.717) is 6.42 Å². The first-order valence-corrected chi connectivity index (χ1v) is 10.6. The smallest absolute Gasteiger partial charge is 0.166 e. The van der Waals surface area contributed by atoms with Crippen molar-refractivity contribution in [3.05, 3.63) is 59.3 Å². The molecule has 0 bridgehead atoms. The number of aliphatic hydroxyl groups excluding tert-OH is 4. The highest BCUT2D eigenvalue weighted by molar-refractivity contribution is 5.99. The van der Waals surface area contributed by atoms with Gasteiger partial charge in [-0.3, -0.25) is 4.79 Å². The van der Waals surface area contributed by atoms with Crippen molar-refractivity contribution in [1.29, 1.82) is 0 Å². The molecule has 0 saturated carbocycles. The molecule has 1 aliphatic heterocycles. The van der Waals surface area contributed by atoms with Crippen molar-refractivity contribution in [2.45, 2.75) is 43.4 Å². The Morgan fingerprint density at radius 2 is 1.88 bits per heavy atom. The Labute approximate surface area is 189 Å². The van der Waals surface area contributed by atoms with Gasteiger partial charge in [-0.1, -0.05) is 6.07 Å². The van der Waals surface area contributed by atoms with Gasteiger partial charge in [0.2, 0.25) is 0 Å². The monoisotopic (exact) mass is 457 g/mol. The van der Waals surface area contributed by atoms with Gasteiger partial charge in [-0.2, -0.15) is 0 Å². The van der Waals surface area contributed by atoms with Crippen molar-refractivity contribution < 1.29 is 39.8 Å². The number of ether oxygens (including phenoxy) is 2. The van der Waals surface area contributed by atoms with Crippen LogP contribution in [0.3, 0.4) is 0 Å². The normalized spacial score (nSPS) is 25.3. The number of carbonyl (C=O) groups excluding carboxylic acids is 1. The number of carbonyl (C=O) groups is 1. The first-order chi connectivity index (χ1) is 15.8. The van der Waals surface area contributed by atoms with Crippen molar-refractivity contribution in [2.24, 2.45) is 0 Å². The van der Waals surface area contributed by atoms with Crippen molar-refractivity contribution in [3.63, 3.8) is 0 Å². The van der Waals surface area contributed by atoms with E-state index in [9.17, 15) is 30.3 Å². The number of aromatic hydroxyl groups is 1. The number of aryl methyl sites for hydroxylation is 1. The van der Waals surface area contributed by atoms with Crippen LogP contribution in [0.15, 0.2) is 42.6 Å². The largest absolute Gasteiger partial charge is 0.507 e. The maximum absolute atomic E-state index is 13.0. The topological polar surface area (TPSA) is 152 Å². The number of hydrogen-bond acceptors (Lipinski definition) is 8. The minimum absolute atomic E-state index is 0.0190. The maximum Gasteiger partial charge on any atom is 0.166 e. The molecule has 9 heteroatoms. The van der Waals surface area contributed by atoms with Crippen molar-refractivity contribution in [1.82, 2.24) is 4.98 Å². The zero-order valence-corrected chi connectivity index (χ0v) is 18.0. The fraction of sp³-hybridized carbons (Fsp3) is 0.375. The lowest BCUT2D eigenvalue weighted by Crippen LogP contribution is -2.55. The molecule has 1 aromatic heterocycles. The second kappa shape index (κ2) is 9.50. The fourth-order valence-electron chi connectivity index (χ4n) is 4.22. The van der Waals surface area contributed by atoms with Crippen LogP contribution in [-0.2, 0) is 11.2 Å². The number of methoxy groups -OCH3 is 1. The third-order valence-electron chi connectivity index (χ3n) is 6.11. The highest BCUT2D eigenvalue weighted by Gasteiger charge is 2.45. The molecule has 2 aromatic carbocycles. The SMILES string of the molecule is COc1cc(O)c(C(=O)CCc2ccc3[nH]ccc3c2)cc1C1OC(CO)C(O)C(O)C1O. The molecule has 2 heterocycles. The molecule has 176 valence electrons. The van der Waals surface area contributed by atoms with Crippen LogP contribution < -0.4 is 4.74 Å². The first-order valence-electron chi connectivity index (χ1n) is 10.6. The molecule has 1 saturated heterocycles. The third kappa shape index (κ3) is 4.46. The summed E-state index contributed by atoms with van der Waals surface area (Å²) >= 11 is 0. The maximum atomic E-state index is 13.0. The van der Waals surface area contributed by atoms with Crippen LogP contribution in [0.25, 0.3) is 10.9 Å². The molecule has 5 atom stereocenters. The molecular weight excluding hydrogens is 430 g/mol. The molecular formula is C24H27NO8. The number of H-pyrrole nitrogens is 1. The Hall–Kier alpha value is -2.95. The molecule has 5 unspecified atom stereocenters. The number of phenolic OH excluding ortho intramolecular Hbond substituents is 1. The van der Waals surface area contributed by atoms with E-state index in [1.165, 1.54) is 19.2 Å². The number of benzene rings is 2. The highest BCUT2D eigenvalue weighted by atomic mass is 16.5. The number of hydrogen-bond donors (Lipinski definition) is 6. The van der Waals surface area contributed by atoms with E-state index in [1.807, 2.05) is 30.5 Å². The average Bonchev–Trinajstić information content (AvgIpc) is 3.29. The Balaban J connectivity index is 1.59. The third-order valence-corrected chi connectivity index (χ3v) is 6.11. The summed E-state index contributed by atoms with van der Waals surface area (Å²) in [5.41, 5.74) is 2.20. The number of ketones is 1. The summed E-state index contributed by atoms with van der Waals surface area (Å²) in [6.45, 7) is -0.584. The molecule has 0 amide bonds. The Morgan fingerprint density at radius 3 is 2.61 bits per heavy atom. The fourth-order valence-corrected chi connectivity index (χ4v) is 4.22. The van der Waals surface area contributed by atoms with Gasteiger partial charge < -0.3 is 40.0 Å². The number of aromatic nitrogens is 1. The zero-order chi connectivity index (χ0) is 23.7. The molecule has 9 nitrogen and oxygen atoms in total. The van der Waals surface area contributed by atoms with Crippen LogP contribution in [0, 0.1) is 0 Å². The molecule has 33 heavy (non-hydrogen) atoms. The second-order valence-corrected chi connectivity index (χ2v) is 8.18. The van der Waals surface area contributed by atoms with Crippen molar-refractivity contribution >= 4 is 16.7 Å². The molecule has 1 aliphatic rings. The van der Waals surface area contributed by atoms with Crippen molar-refractivity contribution in [3.8, 4) is 11.5 Å². The Kier molecular flexibility index (Phi) is 6.68. The van der Waals surface area contributed by atoms with Gasteiger partial charge in [-0.25, -0.2) is 0 Å². The summed E-state index contributed by atoms with van der Waals surface area (Å²) in [6.07, 6.45) is -4.52. The van der Waals surface area contributed by atoms with E-state index in [4.69, 9.17) is 9.47 Å². The van der Waals surface area contributed by atoms with Gasteiger partial charge in [0.05, 0.1) is 19.3 Å². The number of aliphatic hydroxyl groups is 4. The zero-order valence-electron chi connectivity index (χ0n) is 18.0. The van der Waals surface area contributed by atoms with E-state index in [2.05, 4.69) is 4.98 Å². The van der Waals surface area contributed by atoms with Gasteiger partial charge >= 0.3 is 0 Å². The van der Waals surface area contributed by atoms with E-state index in [0.717, 1.165) is 16.5 Å². The van der Waals surface area contributed by atoms with Crippen LogP contribution in [0.4, 0.5) is 0 Å². The molecule has 0 aliphatic carbocycles. The summed E-state index contributed by atoms with van der Waals surface area (Å²) in [6, 6.07) is 10.4. The van der Waals surface area contributed by atoms with Crippen LogP contribution in [-0.4, -0.2) is 74.4 Å². The summed E-state index contributed by atoms with van der Waals surface area (Å²) in [5, 5.41) is 51.6. The van der Waals surface area contributed by atoms with Gasteiger partial charge in [-0.15, -0.1) is 0 Å². The second-order valence-electron chi connectivity index (χ2n) is 8.18. The number of aromatic amines is 1. The molecule has 0 radical (unpaired) electrons. The quantitative estimate of drug-likeness (QED) is 0.290. The lowest BCUT2D eigenvalue weighted by Gasteiger charge is -2.40. The van der Waals surface area contributed by atoms with Crippen LogP contribution in [0.5, 0.6) is 11.5 Å². The van der Waals surface area contributed by atoms with Gasteiger partial charge in [0.15, 0.2) is 5.78 Å². The van der Waals surface area contributed by atoms with E-state index in [-0.39, 0.29) is 34.8 Å².